The summed E-state index contributed by atoms with van der Waals surface area (Å²) in [7, 11) is 5.76. The highest BCUT2D eigenvalue weighted by atomic mass is 16.5. The van der Waals surface area contributed by atoms with Crippen LogP contribution in [-0.4, -0.2) is 72.2 Å². The van der Waals surface area contributed by atoms with Gasteiger partial charge < -0.3 is 19.8 Å². The highest BCUT2D eigenvalue weighted by Crippen LogP contribution is 2.14. The van der Waals surface area contributed by atoms with Crippen LogP contribution < -0.4 is 10.6 Å². The van der Waals surface area contributed by atoms with Gasteiger partial charge in [-0.3, -0.25) is 10.6 Å². The van der Waals surface area contributed by atoms with E-state index in [1.54, 1.807) is 0 Å². The number of hydrogen-bond acceptors (Lipinski definition) is 5. The van der Waals surface area contributed by atoms with Gasteiger partial charge in [-0.1, -0.05) is 0 Å². The largest absolute Gasteiger partial charge is 0.365 e. The second-order valence-electron chi connectivity index (χ2n) is 5.01. The third-order valence-corrected chi connectivity index (χ3v) is 2.82. The number of nitrogens with one attached hydrogen (secondary N) is 2. The first-order chi connectivity index (χ1) is 6.80. The zero-order chi connectivity index (χ0) is 11.6. The molecule has 1 aliphatic rings. The number of aliphatic hydroxyl groups excluding tert-OH is 2. The van der Waals surface area contributed by atoms with Crippen molar-refractivity contribution in [2.45, 2.75) is 31.1 Å². The van der Waals surface area contributed by atoms with Crippen molar-refractivity contribution < 1.29 is 19.8 Å². The Kier molecular flexibility index (Phi) is 4.05. The van der Waals surface area contributed by atoms with Crippen molar-refractivity contribution in [2.24, 2.45) is 0 Å². The van der Waals surface area contributed by atoms with Crippen molar-refractivity contribution in [3.05, 3.63) is 0 Å². The topological polar surface area (TPSA) is 84.8 Å². The summed E-state index contributed by atoms with van der Waals surface area (Å²) in [5.41, 5.74) is 0. The fourth-order valence-corrected chi connectivity index (χ4v) is 1.88. The Hall–Kier alpha value is -0.240. The molecule has 0 aromatic carbocycles. The molecule has 90 valence electrons. The molecule has 1 fully saturated rings. The Morgan fingerprint density at radius 1 is 1.33 bits per heavy atom. The molecule has 0 aromatic rings. The zero-order valence-corrected chi connectivity index (χ0v) is 9.51. The van der Waals surface area contributed by atoms with Crippen molar-refractivity contribution in [3.8, 4) is 0 Å². The molecule has 3 unspecified atom stereocenters. The van der Waals surface area contributed by atoms with Gasteiger partial charge in [0.2, 0.25) is 6.29 Å². The van der Waals surface area contributed by atoms with Crippen molar-refractivity contribution >= 4 is 0 Å². The fourth-order valence-electron chi connectivity index (χ4n) is 1.88. The zero-order valence-electron chi connectivity index (χ0n) is 9.51. The van der Waals surface area contributed by atoms with E-state index in [9.17, 15) is 15.3 Å². The maximum Gasteiger partial charge on any atom is 0.205 e. The molecule has 0 radical (unpaired) electrons. The van der Waals surface area contributed by atoms with Crippen molar-refractivity contribution in [3.63, 3.8) is 0 Å². The smallest absolute Gasteiger partial charge is 0.205 e. The first-order valence-electron chi connectivity index (χ1n) is 5.15. The Bertz CT molecular complexity index is 205. The summed E-state index contributed by atoms with van der Waals surface area (Å²) in [4.78, 5) is 0. The van der Waals surface area contributed by atoms with Crippen LogP contribution in [-0.2, 0) is 0 Å². The predicted molar refractivity (Wildman–Crippen MR) is 55.6 cm³/mol. The number of likely N-dealkylation sites (N-methyl/N-ethyl adjacent to an activating group) is 1. The van der Waals surface area contributed by atoms with Crippen molar-refractivity contribution in [1.29, 1.82) is 0 Å². The van der Waals surface area contributed by atoms with Crippen LogP contribution in [0.15, 0.2) is 0 Å². The van der Waals surface area contributed by atoms with E-state index in [0.717, 1.165) is 0 Å². The second-order valence-corrected chi connectivity index (χ2v) is 5.01. The quantitative estimate of drug-likeness (QED) is 0.269. The molecule has 0 saturated carbocycles. The van der Waals surface area contributed by atoms with Gasteiger partial charge >= 0.3 is 0 Å². The summed E-state index contributed by atoms with van der Waals surface area (Å²) in [6, 6.07) is -0.196. The summed E-state index contributed by atoms with van der Waals surface area (Å²) < 4.78 is 0.478. The fraction of sp³-hybridized carbons (Fsp3) is 1.00. The van der Waals surface area contributed by atoms with Crippen LogP contribution >= 0.6 is 0 Å². The molecule has 0 aliphatic carbocycles. The summed E-state index contributed by atoms with van der Waals surface area (Å²) in [6.07, 6.45) is -1.42. The van der Waals surface area contributed by atoms with Gasteiger partial charge in [-0.15, -0.1) is 0 Å². The van der Waals surface area contributed by atoms with Crippen molar-refractivity contribution in [2.75, 3.05) is 27.7 Å². The summed E-state index contributed by atoms with van der Waals surface area (Å²) >= 11 is 0. The van der Waals surface area contributed by atoms with Crippen LogP contribution in [0, 0.1) is 0 Å². The van der Waals surface area contributed by atoms with Gasteiger partial charge in [-0.2, -0.15) is 0 Å². The summed E-state index contributed by atoms with van der Waals surface area (Å²) in [6.45, 7) is 0.643. The minimum atomic E-state index is -1.34. The van der Waals surface area contributed by atoms with E-state index in [2.05, 4.69) is 10.6 Å². The number of nitrogens with zero attached hydrogens (tertiary/aromatic N) is 1. The standard InChI is InChI=1S/C9H22N3O3/c1-12(2,3)7(8(13)14)4-6-5-10-9(15)11-6/h6-11,13-15H,4-5H2,1-3H3/q+1. The number of quaternary nitrogens is 1. The maximum atomic E-state index is 9.30. The number of rotatable bonds is 4. The normalized spacial score (nSPS) is 29.8. The van der Waals surface area contributed by atoms with Gasteiger partial charge in [0.15, 0.2) is 6.35 Å². The molecule has 0 spiro atoms. The van der Waals surface area contributed by atoms with Gasteiger partial charge in [-0.05, 0) is 0 Å². The first-order valence-corrected chi connectivity index (χ1v) is 5.15. The third-order valence-electron chi connectivity index (χ3n) is 2.82. The molecule has 1 heterocycles. The number of hydrogen-bond donors (Lipinski definition) is 5. The lowest BCUT2D eigenvalue weighted by molar-refractivity contribution is -0.903. The Morgan fingerprint density at radius 2 is 1.93 bits per heavy atom. The molecule has 0 aromatic heterocycles. The van der Waals surface area contributed by atoms with Crippen molar-refractivity contribution in [1.82, 2.24) is 10.6 Å². The molecule has 6 nitrogen and oxygen atoms in total. The average Bonchev–Trinajstić information content (AvgIpc) is 2.44. The highest BCUT2D eigenvalue weighted by molar-refractivity contribution is 4.81. The lowest BCUT2D eigenvalue weighted by Gasteiger charge is -2.36. The average molecular weight is 220 g/mol. The molecule has 6 heteroatoms. The molecular formula is C9H22N3O3+. The van der Waals surface area contributed by atoms with E-state index < -0.39 is 12.6 Å². The van der Waals surface area contributed by atoms with E-state index in [1.165, 1.54) is 0 Å². The predicted octanol–water partition coefficient (Wildman–Crippen LogP) is -2.40. The molecule has 1 rings (SSSR count). The van der Waals surface area contributed by atoms with Gasteiger partial charge in [0, 0.05) is 19.0 Å². The van der Waals surface area contributed by atoms with Crippen LogP contribution in [0.5, 0.6) is 0 Å². The third kappa shape index (κ3) is 3.67. The maximum absolute atomic E-state index is 9.30. The van der Waals surface area contributed by atoms with E-state index >= 15 is 0 Å². The van der Waals surface area contributed by atoms with Gasteiger partial charge in [0.25, 0.3) is 0 Å². The monoisotopic (exact) mass is 220 g/mol. The molecule has 1 aliphatic heterocycles. The molecule has 5 N–H and O–H groups in total. The molecular weight excluding hydrogens is 198 g/mol. The van der Waals surface area contributed by atoms with Crippen LogP contribution in [0.25, 0.3) is 0 Å². The van der Waals surface area contributed by atoms with Crippen LogP contribution in [0.1, 0.15) is 6.42 Å². The minimum Gasteiger partial charge on any atom is -0.365 e. The second kappa shape index (κ2) is 4.73. The molecule has 0 amide bonds. The molecule has 1 saturated heterocycles. The Balaban J connectivity index is 2.52. The summed E-state index contributed by atoms with van der Waals surface area (Å²) in [5, 5.41) is 33.6. The molecule has 3 atom stereocenters. The minimum absolute atomic E-state index is 0.0733. The van der Waals surface area contributed by atoms with Crippen LogP contribution in [0.3, 0.4) is 0 Å². The van der Waals surface area contributed by atoms with E-state index in [4.69, 9.17) is 0 Å². The van der Waals surface area contributed by atoms with E-state index in [0.29, 0.717) is 17.4 Å². The van der Waals surface area contributed by atoms with Gasteiger partial charge in [-0.25, -0.2) is 0 Å². The van der Waals surface area contributed by atoms with E-state index in [-0.39, 0.29) is 12.1 Å². The van der Waals surface area contributed by atoms with Gasteiger partial charge in [0.05, 0.1) is 21.1 Å². The first kappa shape index (κ1) is 12.8. The molecule has 15 heavy (non-hydrogen) atoms. The van der Waals surface area contributed by atoms with E-state index in [1.807, 2.05) is 21.1 Å². The lowest BCUT2D eigenvalue weighted by Crippen LogP contribution is -2.54. The molecule has 0 bridgehead atoms. The van der Waals surface area contributed by atoms with Gasteiger partial charge in [0.1, 0.15) is 6.04 Å². The Morgan fingerprint density at radius 3 is 2.27 bits per heavy atom. The lowest BCUT2D eigenvalue weighted by atomic mass is 10.0. The SMILES string of the molecule is C[N+](C)(C)C(CC1CNC(O)N1)C(O)O. The Labute approximate surface area is 90.1 Å². The highest BCUT2D eigenvalue weighted by Gasteiger charge is 2.35. The number of aliphatic hydroxyl groups is 3. The van der Waals surface area contributed by atoms with Crippen LogP contribution in [0.4, 0.5) is 0 Å². The van der Waals surface area contributed by atoms with Crippen LogP contribution in [0.2, 0.25) is 0 Å². The summed E-state index contributed by atoms with van der Waals surface area (Å²) in [5.74, 6) is 0.